The molecule has 0 saturated heterocycles. The number of carbonyl (C=O) groups excluding carboxylic acids is 2. The molecule has 6 heteroatoms. The van der Waals surface area contributed by atoms with Crippen molar-refractivity contribution in [1.82, 2.24) is 0 Å². The molecule has 1 aromatic heterocycles. The largest absolute Gasteiger partial charge is 0.449 e. The van der Waals surface area contributed by atoms with Gasteiger partial charge < -0.3 is 15.1 Å². The summed E-state index contributed by atoms with van der Waals surface area (Å²) in [5, 5.41) is 6.77. The second-order valence-electron chi connectivity index (χ2n) is 7.66. The molecule has 5 aromatic rings. The van der Waals surface area contributed by atoms with Crippen molar-refractivity contribution < 1.29 is 14.0 Å². The average molecular weight is 467 g/mol. The third-order valence-corrected chi connectivity index (χ3v) is 5.61. The first kappa shape index (κ1) is 21.5. The Morgan fingerprint density at radius 1 is 0.676 bits per heavy atom. The van der Waals surface area contributed by atoms with Crippen molar-refractivity contribution in [2.45, 2.75) is 0 Å². The smallest absolute Gasteiger partial charge is 0.293 e. The maximum Gasteiger partial charge on any atom is 0.293 e. The molecule has 34 heavy (non-hydrogen) atoms. The van der Waals surface area contributed by atoms with Crippen molar-refractivity contribution in [2.75, 3.05) is 10.6 Å². The van der Waals surface area contributed by atoms with Gasteiger partial charge >= 0.3 is 0 Å². The third kappa shape index (κ3) is 4.42. The summed E-state index contributed by atoms with van der Waals surface area (Å²) in [4.78, 5) is 26.1. The van der Waals surface area contributed by atoms with Gasteiger partial charge in [0.05, 0.1) is 0 Å². The normalized spacial score (nSPS) is 10.7. The summed E-state index contributed by atoms with van der Waals surface area (Å²) in [6.45, 7) is 0. The zero-order chi connectivity index (χ0) is 23.5. The van der Waals surface area contributed by atoms with Crippen LogP contribution < -0.4 is 10.6 Å². The van der Waals surface area contributed by atoms with E-state index in [1.165, 1.54) is 0 Å². The van der Waals surface area contributed by atoms with Crippen LogP contribution >= 0.6 is 11.6 Å². The van der Waals surface area contributed by atoms with E-state index in [-0.39, 0.29) is 11.7 Å². The lowest BCUT2D eigenvalue weighted by molar-refractivity contribution is 0.0999. The van der Waals surface area contributed by atoms with Gasteiger partial charge in [-0.1, -0.05) is 72.3 Å². The highest BCUT2D eigenvalue weighted by molar-refractivity contribution is 6.31. The molecule has 2 N–H and O–H groups in total. The molecule has 0 radical (unpaired) electrons. The summed E-state index contributed by atoms with van der Waals surface area (Å²) < 4.78 is 5.82. The number of furan rings is 1. The van der Waals surface area contributed by atoms with E-state index in [1.807, 2.05) is 48.5 Å². The lowest BCUT2D eigenvalue weighted by atomic mass is 10.0. The van der Waals surface area contributed by atoms with Gasteiger partial charge in [-0.3, -0.25) is 9.59 Å². The van der Waals surface area contributed by atoms with Crippen LogP contribution in [-0.4, -0.2) is 11.8 Å². The molecular formula is C28H19ClN2O3. The first-order valence-electron chi connectivity index (χ1n) is 10.6. The molecule has 2 amide bonds. The van der Waals surface area contributed by atoms with E-state index in [4.69, 9.17) is 16.0 Å². The van der Waals surface area contributed by atoms with Crippen LogP contribution in [0, 0.1) is 0 Å². The highest BCUT2D eigenvalue weighted by Crippen LogP contribution is 2.32. The fourth-order valence-corrected chi connectivity index (χ4v) is 3.90. The zero-order valence-electron chi connectivity index (χ0n) is 17.9. The molecule has 0 aliphatic heterocycles. The van der Waals surface area contributed by atoms with E-state index >= 15 is 0 Å². The quantitative estimate of drug-likeness (QED) is 0.286. The van der Waals surface area contributed by atoms with E-state index in [2.05, 4.69) is 10.6 Å². The fourth-order valence-electron chi connectivity index (χ4n) is 3.71. The van der Waals surface area contributed by atoms with Crippen LogP contribution in [0.2, 0.25) is 5.02 Å². The number of nitrogens with one attached hydrogen (secondary N) is 2. The summed E-state index contributed by atoms with van der Waals surface area (Å²) in [7, 11) is 0. The molecule has 0 fully saturated rings. The number of para-hydroxylation sites is 1. The molecular weight excluding hydrogens is 448 g/mol. The van der Waals surface area contributed by atoms with Crippen molar-refractivity contribution in [2.24, 2.45) is 0 Å². The Labute approximate surface area is 201 Å². The molecule has 0 unspecified atom stereocenters. The van der Waals surface area contributed by atoms with E-state index in [1.54, 1.807) is 54.6 Å². The van der Waals surface area contributed by atoms with Gasteiger partial charge in [-0.2, -0.15) is 0 Å². The first-order valence-corrected chi connectivity index (χ1v) is 11.0. The molecule has 0 aliphatic carbocycles. The van der Waals surface area contributed by atoms with Gasteiger partial charge in [0.2, 0.25) is 5.76 Å². The Morgan fingerprint density at radius 2 is 1.38 bits per heavy atom. The van der Waals surface area contributed by atoms with Gasteiger partial charge in [-0.15, -0.1) is 0 Å². The summed E-state index contributed by atoms with van der Waals surface area (Å²) in [6.07, 6.45) is 0. The topological polar surface area (TPSA) is 71.3 Å². The highest BCUT2D eigenvalue weighted by atomic mass is 35.5. The SMILES string of the molecule is O=C(Nc1c(C(=O)Nc2cccc(Cl)c2)oc2ccccc12)c1ccc(-c2ccccc2)cc1. The monoisotopic (exact) mass is 466 g/mol. The van der Waals surface area contributed by atoms with Crippen LogP contribution in [0.15, 0.2) is 108 Å². The Balaban J connectivity index is 1.44. The molecule has 0 bridgehead atoms. The molecule has 1 heterocycles. The average Bonchev–Trinajstić information content (AvgIpc) is 3.23. The van der Waals surface area contributed by atoms with Crippen molar-refractivity contribution in [1.29, 1.82) is 0 Å². The van der Waals surface area contributed by atoms with Crippen LogP contribution in [0.3, 0.4) is 0 Å². The molecule has 0 atom stereocenters. The van der Waals surface area contributed by atoms with Crippen LogP contribution in [0.1, 0.15) is 20.9 Å². The van der Waals surface area contributed by atoms with Gasteiger partial charge in [-0.25, -0.2) is 0 Å². The number of hydrogen-bond donors (Lipinski definition) is 2. The molecule has 5 nitrogen and oxygen atoms in total. The van der Waals surface area contributed by atoms with Crippen molar-refractivity contribution in [3.8, 4) is 11.1 Å². The maximum atomic E-state index is 13.1. The van der Waals surface area contributed by atoms with Crippen LogP contribution in [-0.2, 0) is 0 Å². The number of rotatable bonds is 5. The highest BCUT2D eigenvalue weighted by Gasteiger charge is 2.23. The molecule has 166 valence electrons. The number of halogens is 1. The summed E-state index contributed by atoms with van der Waals surface area (Å²) >= 11 is 6.02. The summed E-state index contributed by atoms with van der Waals surface area (Å²) in [6, 6.07) is 31.2. The van der Waals surface area contributed by atoms with Crippen LogP contribution in [0.25, 0.3) is 22.1 Å². The van der Waals surface area contributed by atoms with E-state index in [0.29, 0.717) is 32.9 Å². The lowest BCUT2D eigenvalue weighted by Gasteiger charge is -2.08. The molecule has 0 aliphatic rings. The third-order valence-electron chi connectivity index (χ3n) is 5.38. The van der Waals surface area contributed by atoms with Gasteiger partial charge in [0.15, 0.2) is 0 Å². The molecule has 0 saturated carbocycles. The number of fused-ring (bicyclic) bond motifs is 1. The second-order valence-corrected chi connectivity index (χ2v) is 8.10. The minimum atomic E-state index is -0.492. The standard InChI is InChI=1S/C28H19ClN2O3/c29-21-9-6-10-22(17-21)30-28(33)26-25(23-11-4-5-12-24(23)34-26)31-27(32)20-15-13-19(14-16-20)18-7-2-1-3-8-18/h1-17H,(H,30,33)(H,31,32). The van der Waals surface area contributed by atoms with Crippen molar-refractivity contribution in [3.05, 3.63) is 119 Å². The second kappa shape index (κ2) is 9.25. The van der Waals surface area contributed by atoms with Gasteiger partial charge in [0.1, 0.15) is 11.3 Å². The molecule has 0 spiro atoms. The van der Waals surface area contributed by atoms with Gasteiger partial charge in [0, 0.05) is 21.7 Å². The Bertz CT molecular complexity index is 1490. The number of amides is 2. The summed E-state index contributed by atoms with van der Waals surface area (Å²) in [5.41, 5.74) is 3.86. The lowest BCUT2D eigenvalue weighted by Crippen LogP contribution is -2.17. The van der Waals surface area contributed by atoms with Crippen molar-refractivity contribution in [3.63, 3.8) is 0 Å². The maximum absolute atomic E-state index is 13.1. The number of benzene rings is 4. The number of hydrogen-bond acceptors (Lipinski definition) is 3. The minimum absolute atomic E-state index is 0.00966. The van der Waals surface area contributed by atoms with Crippen LogP contribution in [0.4, 0.5) is 11.4 Å². The Morgan fingerprint density at radius 3 is 2.15 bits per heavy atom. The van der Waals surface area contributed by atoms with E-state index in [9.17, 15) is 9.59 Å². The predicted molar refractivity (Wildman–Crippen MR) is 135 cm³/mol. The van der Waals surface area contributed by atoms with Gasteiger partial charge in [0.25, 0.3) is 11.8 Å². The van der Waals surface area contributed by atoms with E-state index in [0.717, 1.165) is 11.1 Å². The number of anilines is 2. The fraction of sp³-hybridized carbons (Fsp3) is 0. The molecule has 4 aromatic carbocycles. The first-order chi connectivity index (χ1) is 16.6. The van der Waals surface area contributed by atoms with E-state index < -0.39 is 5.91 Å². The zero-order valence-corrected chi connectivity index (χ0v) is 18.7. The summed E-state index contributed by atoms with van der Waals surface area (Å²) in [5.74, 6) is -0.827. The molecule has 5 rings (SSSR count). The predicted octanol–water partition coefficient (Wildman–Crippen LogP) is 7.26. The Kier molecular flexibility index (Phi) is 5.85. The van der Waals surface area contributed by atoms with Gasteiger partial charge in [-0.05, 0) is 53.6 Å². The van der Waals surface area contributed by atoms with Crippen LogP contribution in [0.5, 0.6) is 0 Å². The van der Waals surface area contributed by atoms with Crippen molar-refractivity contribution >= 4 is 45.8 Å². The minimum Gasteiger partial charge on any atom is -0.449 e. The number of carbonyl (C=O) groups is 2. The Hall–Kier alpha value is -4.35.